The largest absolute Gasteiger partial charge is 0.399 e. The van der Waals surface area contributed by atoms with Crippen LogP contribution in [0.15, 0.2) is 23.1 Å². The zero-order valence-electron chi connectivity index (χ0n) is 9.34. The predicted octanol–water partition coefficient (Wildman–Crippen LogP) is 0.827. The molecule has 0 saturated heterocycles. The molecule has 2 unspecified atom stereocenters. The fourth-order valence-electron chi connectivity index (χ4n) is 1.62. The quantitative estimate of drug-likeness (QED) is 0.777. The summed E-state index contributed by atoms with van der Waals surface area (Å²) < 4.78 is 26.6. The van der Waals surface area contributed by atoms with Gasteiger partial charge in [-0.1, -0.05) is 6.92 Å². The van der Waals surface area contributed by atoms with Gasteiger partial charge in [0.05, 0.1) is 10.5 Å². The number of rotatable bonds is 3. The molecule has 0 aromatic heterocycles. The predicted molar refractivity (Wildman–Crippen MR) is 63.5 cm³/mol. The van der Waals surface area contributed by atoms with Crippen LogP contribution in [0, 0.1) is 17.2 Å². The van der Waals surface area contributed by atoms with Crippen molar-refractivity contribution in [2.24, 2.45) is 5.92 Å². The zero-order chi connectivity index (χ0) is 12.6. The summed E-state index contributed by atoms with van der Waals surface area (Å²) in [5, 5.41) is 8.91. The molecule has 1 fully saturated rings. The molecular formula is C11H13N3O2S. The summed E-state index contributed by atoms with van der Waals surface area (Å²) in [6.07, 6.45) is 0.843. The van der Waals surface area contributed by atoms with E-state index in [1.165, 1.54) is 18.2 Å². The minimum absolute atomic E-state index is 0.00620. The van der Waals surface area contributed by atoms with Crippen LogP contribution in [0.5, 0.6) is 0 Å². The highest BCUT2D eigenvalue weighted by Crippen LogP contribution is 2.31. The Morgan fingerprint density at radius 1 is 1.53 bits per heavy atom. The summed E-state index contributed by atoms with van der Waals surface area (Å²) in [6.45, 7) is 1.97. The van der Waals surface area contributed by atoms with Crippen molar-refractivity contribution in [2.75, 3.05) is 5.73 Å². The minimum atomic E-state index is -3.62. The van der Waals surface area contributed by atoms with Crippen molar-refractivity contribution in [1.29, 1.82) is 5.26 Å². The second kappa shape index (κ2) is 4.02. The van der Waals surface area contributed by atoms with E-state index in [9.17, 15) is 8.42 Å². The number of benzene rings is 1. The number of nitrogens with zero attached hydrogens (tertiary/aromatic N) is 1. The second-order valence-corrected chi connectivity index (χ2v) is 5.99. The first-order chi connectivity index (χ1) is 7.94. The Bertz CT molecular complexity index is 589. The lowest BCUT2D eigenvalue weighted by Crippen LogP contribution is -2.27. The molecule has 0 bridgehead atoms. The van der Waals surface area contributed by atoms with Gasteiger partial charge < -0.3 is 5.73 Å². The molecule has 0 aliphatic heterocycles. The summed E-state index contributed by atoms with van der Waals surface area (Å²) in [5.41, 5.74) is 5.97. The second-order valence-electron chi connectivity index (χ2n) is 4.31. The third-order valence-corrected chi connectivity index (χ3v) is 4.38. The van der Waals surface area contributed by atoms with Crippen molar-refractivity contribution in [3.8, 4) is 6.07 Å². The van der Waals surface area contributed by atoms with Gasteiger partial charge in [-0.3, -0.25) is 0 Å². The third-order valence-electron chi connectivity index (χ3n) is 2.83. The Hall–Kier alpha value is -1.58. The number of hydrogen-bond donors (Lipinski definition) is 2. The summed E-state index contributed by atoms with van der Waals surface area (Å²) in [7, 11) is -3.62. The van der Waals surface area contributed by atoms with E-state index in [4.69, 9.17) is 11.0 Å². The first kappa shape index (κ1) is 11.9. The highest BCUT2D eigenvalue weighted by molar-refractivity contribution is 7.89. The van der Waals surface area contributed by atoms with E-state index in [1.54, 1.807) is 0 Å². The van der Waals surface area contributed by atoms with Crippen LogP contribution in [0.1, 0.15) is 18.9 Å². The van der Waals surface area contributed by atoms with Crippen molar-refractivity contribution < 1.29 is 8.42 Å². The van der Waals surface area contributed by atoms with Crippen LogP contribution in [0.2, 0.25) is 0 Å². The molecule has 0 heterocycles. The SMILES string of the molecule is CC1CC1NS(=O)(=O)c1ccc(N)cc1C#N. The van der Waals surface area contributed by atoms with E-state index in [1.807, 2.05) is 13.0 Å². The van der Waals surface area contributed by atoms with E-state index in [0.29, 0.717) is 11.6 Å². The lowest BCUT2D eigenvalue weighted by molar-refractivity contribution is 0.578. The minimum Gasteiger partial charge on any atom is -0.399 e. The van der Waals surface area contributed by atoms with E-state index in [2.05, 4.69) is 4.72 Å². The van der Waals surface area contributed by atoms with Gasteiger partial charge in [-0.05, 0) is 30.5 Å². The van der Waals surface area contributed by atoms with Gasteiger partial charge in [0.15, 0.2) is 0 Å². The molecule has 0 amide bonds. The Morgan fingerprint density at radius 2 is 2.18 bits per heavy atom. The van der Waals surface area contributed by atoms with Gasteiger partial charge >= 0.3 is 0 Å². The van der Waals surface area contributed by atoms with Gasteiger partial charge in [-0.2, -0.15) is 5.26 Å². The third kappa shape index (κ3) is 2.40. The first-order valence-electron chi connectivity index (χ1n) is 5.26. The highest BCUT2D eigenvalue weighted by Gasteiger charge is 2.37. The topological polar surface area (TPSA) is 96.0 Å². The fourth-order valence-corrected chi connectivity index (χ4v) is 3.11. The van der Waals surface area contributed by atoms with Gasteiger partial charge in [-0.25, -0.2) is 13.1 Å². The number of nitriles is 1. The lowest BCUT2D eigenvalue weighted by Gasteiger charge is -2.07. The monoisotopic (exact) mass is 251 g/mol. The number of hydrogen-bond acceptors (Lipinski definition) is 4. The van der Waals surface area contributed by atoms with Crippen molar-refractivity contribution in [2.45, 2.75) is 24.3 Å². The van der Waals surface area contributed by atoms with Gasteiger partial charge in [0.25, 0.3) is 0 Å². The molecule has 0 spiro atoms. The Labute approximate surface area is 100 Å². The Kier molecular flexibility index (Phi) is 2.81. The van der Waals surface area contributed by atoms with Crippen molar-refractivity contribution in [3.05, 3.63) is 23.8 Å². The Balaban J connectivity index is 2.36. The maximum Gasteiger partial charge on any atom is 0.242 e. The molecule has 1 aliphatic rings. The lowest BCUT2D eigenvalue weighted by atomic mass is 10.2. The summed E-state index contributed by atoms with van der Waals surface area (Å²) in [6, 6.07) is 6.05. The van der Waals surface area contributed by atoms with Crippen LogP contribution in [0.3, 0.4) is 0 Å². The zero-order valence-corrected chi connectivity index (χ0v) is 10.2. The van der Waals surface area contributed by atoms with Gasteiger partial charge in [0.2, 0.25) is 10.0 Å². The molecule has 3 N–H and O–H groups in total. The number of nitrogens with two attached hydrogens (primary N) is 1. The molecule has 90 valence electrons. The van der Waals surface area contributed by atoms with Crippen LogP contribution in [0.25, 0.3) is 0 Å². The number of anilines is 1. The average molecular weight is 251 g/mol. The van der Waals surface area contributed by atoms with Gasteiger partial charge in [-0.15, -0.1) is 0 Å². The highest BCUT2D eigenvalue weighted by atomic mass is 32.2. The van der Waals surface area contributed by atoms with Crippen molar-refractivity contribution >= 4 is 15.7 Å². The van der Waals surface area contributed by atoms with Crippen LogP contribution >= 0.6 is 0 Å². The first-order valence-corrected chi connectivity index (χ1v) is 6.74. The van der Waals surface area contributed by atoms with Gasteiger partial charge in [0, 0.05) is 11.7 Å². The van der Waals surface area contributed by atoms with Crippen LogP contribution in [0.4, 0.5) is 5.69 Å². The standard InChI is InChI=1S/C11H13N3O2S/c1-7-4-10(7)14-17(15,16)11-3-2-9(13)5-8(11)6-12/h2-3,5,7,10,14H,4,13H2,1H3. The number of sulfonamides is 1. The van der Waals surface area contributed by atoms with Crippen LogP contribution < -0.4 is 10.5 Å². The van der Waals surface area contributed by atoms with Gasteiger partial charge in [0.1, 0.15) is 6.07 Å². The van der Waals surface area contributed by atoms with E-state index in [0.717, 1.165) is 6.42 Å². The molecular weight excluding hydrogens is 238 g/mol. The Morgan fingerprint density at radius 3 is 2.71 bits per heavy atom. The van der Waals surface area contributed by atoms with E-state index >= 15 is 0 Å². The fraction of sp³-hybridized carbons (Fsp3) is 0.364. The molecule has 1 aliphatic carbocycles. The molecule has 1 saturated carbocycles. The summed E-state index contributed by atoms with van der Waals surface area (Å²) >= 11 is 0. The maximum absolute atomic E-state index is 12.0. The van der Waals surface area contributed by atoms with Crippen molar-refractivity contribution in [3.63, 3.8) is 0 Å². The van der Waals surface area contributed by atoms with Crippen LogP contribution in [-0.2, 0) is 10.0 Å². The van der Waals surface area contributed by atoms with E-state index in [-0.39, 0.29) is 16.5 Å². The molecule has 17 heavy (non-hydrogen) atoms. The molecule has 6 heteroatoms. The average Bonchev–Trinajstić information content (AvgIpc) is 2.92. The van der Waals surface area contributed by atoms with Crippen LogP contribution in [-0.4, -0.2) is 14.5 Å². The summed E-state index contributed by atoms with van der Waals surface area (Å²) in [5.74, 6) is 0.365. The summed E-state index contributed by atoms with van der Waals surface area (Å²) in [4.78, 5) is -0.00620. The smallest absolute Gasteiger partial charge is 0.242 e. The molecule has 1 aromatic rings. The van der Waals surface area contributed by atoms with Crippen molar-refractivity contribution in [1.82, 2.24) is 4.72 Å². The maximum atomic E-state index is 12.0. The molecule has 0 radical (unpaired) electrons. The molecule has 1 aromatic carbocycles. The number of nitrogen functional groups attached to an aromatic ring is 1. The molecule has 2 rings (SSSR count). The van der Waals surface area contributed by atoms with E-state index < -0.39 is 10.0 Å². The molecule has 2 atom stereocenters. The number of nitrogens with one attached hydrogen (secondary N) is 1. The molecule has 5 nitrogen and oxygen atoms in total. The normalized spacial score (nSPS) is 23.1.